The first-order valence-electron chi connectivity index (χ1n) is 10.7. The summed E-state index contributed by atoms with van der Waals surface area (Å²) in [7, 11) is 0. The van der Waals surface area contributed by atoms with E-state index in [1.54, 1.807) is 28.9 Å². The summed E-state index contributed by atoms with van der Waals surface area (Å²) in [6.07, 6.45) is 1.69. The summed E-state index contributed by atoms with van der Waals surface area (Å²) in [6.45, 7) is 0. The number of benzene rings is 2. The minimum absolute atomic E-state index is 0.00276. The standard InChI is InChI=1S/C24H14BrN7O3S/c25-15-7-10-20-26-16(11-21(33)30(20)12-15)13-36-24-27-19-4-2-1-3-18(19)23-28-22(29-31(23)24)14-5-8-17(9-6-14)32(34)35/h1-12H,13H2. The van der Waals surface area contributed by atoms with Gasteiger partial charge in [-0.15, -0.1) is 5.10 Å². The van der Waals surface area contributed by atoms with Gasteiger partial charge in [0.25, 0.3) is 11.2 Å². The van der Waals surface area contributed by atoms with Crippen LogP contribution in [-0.4, -0.2) is 33.9 Å². The number of pyridine rings is 1. The van der Waals surface area contributed by atoms with Crippen molar-refractivity contribution in [3.05, 3.63) is 104 Å². The highest BCUT2D eigenvalue weighted by molar-refractivity contribution is 9.10. The fraction of sp³-hybridized carbons (Fsp3) is 0.0417. The molecule has 0 aliphatic heterocycles. The third-order valence-electron chi connectivity index (χ3n) is 5.51. The van der Waals surface area contributed by atoms with E-state index in [1.807, 2.05) is 30.3 Å². The van der Waals surface area contributed by atoms with Crippen molar-refractivity contribution < 1.29 is 4.92 Å². The topological polar surface area (TPSA) is 121 Å². The molecule has 4 aromatic heterocycles. The summed E-state index contributed by atoms with van der Waals surface area (Å²) < 4.78 is 3.94. The van der Waals surface area contributed by atoms with Crippen molar-refractivity contribution in [2.45, 2.75) is 10.9 Å². The van der Waals surface area contributed by atoms with Gasteiger partial charge in [0.05, 0.1) is 16.1 Å². The van der Waals surface area contributed by atoms with E-state index in [1.165, 1.54) is 34.4 Å². The van der Waals surface area contributed by atoms with Crippen LogP contribution in [0.15, 0.2) is 87.4 Å². The summed E-state index contributed by atoms with van der Waals surface area (Å²) in [5.41, 5.74) is 3.02. The molecule has 10 nitrogen and oxygen atoms in total. The van der Waals surface area contributed by atoms with Gasteiger partial charge in [-0.1, -0.05) is 23.9 Å². The van der Waals surface area contributed by atoms with Gasteiger partial charge < -0.3 is 0 Å². The SMILES string of the molecule is O=c1cc(CSc2nc3ccccc3c3nc(-c4ccc([N+](=O)[O-])cc4)nn23)nc2ccc(Br)cn12. The molecule has 4 heterocycles. The van der Waals surface area contributed by atoms with E-state index in [2.05, 4.69) is 26.0 Å². The van der Waals surface area contributed by atoms with E-state index in [-0.39, 0.29) is 11.2 Å². The van der Waals surface area contributed by atoms with E-state index >= 15 is 0 Å². The van der Waals surface area contributed by atoms with Crippen molar-refractivity contribution in [3.8, 4) is 11.4 Å². The van der Waals surface area contributed by atoms with Gasteiger partial charge in [0.1, 0.15) is 5.65 Å². The molecule has 6 rings (SSSR count). The Morgan fingerprint density at radius 1 is 1.00 bits per heavy atom. The fourth-order valence-electron chi connectivity index (χ4n) is 3.82. The number of fused-ring (bicyclic) bond motifs is 4. The van der Waals surface area contributed by atoms with Crippen LogP contribution < -0.4 is 5.56 Å². The van der Waals surface area contributed by atoms with Crippen LogP contribution in [0.5, 0.6) is 0 Å². The molecule has 0 unspecified atom stereocenters. The average Bonchev–Trinajstić information content (AvgIpc) is 3.34. The molecular weight excluding hydrogens is 546 g/mol. The number of non-ortho nitro benzene ring substituents is 1. The molecule has 0 amide bonds. The molecule has 0 N–H and O–H groups in total. The Labute approximate surface area is 214 Å². The maximum Gasteiger partial charge on any atom is 0.269 e. The van der Waals surface area contributed by atoms with E-state index in [0.29, 0.717) is 39.3 Å². The lowest BCUT2D eigenvalue weighted by molar-refractivity contribution is -0.384. The number of thioether (sulfide) groups is 1. The second kappa shape index (κ2) is 8.81. The Balaban J connectivity index is 1.41. The average molecular weight is 560 g/mol. The first-order valence-corrected chi connectivity index (χ1v) is 12.5. The van der Waals surface area contributed by atoms with Crippen LogP contribution in [0.3, 0.4) is 0 Å². The smallest absolute Gasteiger partial charge is 0.269 e. The van der Waals surface area contributed by atoms with E-state index in [0.717, 1.165) is 15.4 Å². The first kappa shape index (κ1) is 22.3. The number of nitrogens with zero attached hydrogens (tertiary/aromatic N) is 7. The molecule has 36 heavy (non-hydrogen) atoms. The van der Waals surface area contributed by atoms with Crippen molar-refractivity contribution >= 4 is 55.6 Å². The van der Waals surface area contributed by atoms with Crippen molar-refractivity contribution in [2.24, 2.45) is 0 Å². The monoisotopic (exact) mass is 559 g/mol. The predicted octanol–water partition coefficient (Wildman–Crippen LogP) is 4.92. The normalized spacial score (nSPS) is 11.5. The molecule has 0 aliphatic carbocycles. The zero-order valence-corrected chi connectivity index (χ0v) is 20.7. The Morgan fingerprint density at radius 2 is 1.81 bits per heavy atom. The number of rotatable bonds is 5. The van der Waals surface area contributed by atoms with Gasteiger partial charge in [-0.2, -0.15) is 4.52 Å². The number of nitro benzene ring substituents is 1. The number of hydrogen-bond acceptors (Lipinski definition) is 8. The fourth-order valence-corrected chi connectivity index (χ4v) is 4.99. The summed E-state index contributed by atoms with van der Waals surface area (Å²) >= 11 is 4.77. The maximum atomic E-state index is 12.6. The van der Waals surface area contributed by atoms with E-state index in [9.17, 15) is 14.9 Å². The van der Waals surface area contributed by atoms with Gasteiger partial charge in [0.2, 0.25) is 0 Å². The van der Waals surface area contributed by atoms with Crippen molar-refractivity contribution in [1.29, 1.82) is 0 Å². The zero-order valence-electron chi connectivity index (χ0n) is 18.3. The summed E-state index contributed by atoms with van der Waals surface area (Å²) in [5.74, 6) is 0.826. The highest BCUT2D eigenvalue weighted by atomic mass is 79.9. The number of para-hydroxylation sites is 1. The Hall–Kier alpha value is -4.16. The molecule has 0 atom stereocenters. The summed E-state index contributed by atoms with van der Waals surface area (Å²) in [5, 5.41) is 17.1. The molecule has 2 aromatic carbocycles. The largest absolute Gasteiger partial charge is 0.269 e. The van der Waals surface area contributed by atoms with Gasteiger partial charge in [0, 0.05) is 45.6 Å². The lowest BCUT2D eigenvalue weighted by atomic mass is 10.2. The third kappa shape index (κ3) is 3.99. The van der Waals surface area contributed by atoms with Crippen molar-refractivity contribution in [2.75, 3.05) is 0 Å². The van der Waals surface area contributed by atoms with Crippen LogP contribution in [0, 0.1) is 10.1 Å². The summed E-state index contributed by atoms with van der Waals surface area (Å²) in [4.78, 5) is 37.2. The van der Waals surface area contributed by atoms with Gasteiger partial charge in [-0.25, -0.2) is 15.0 Å². The molecular formula is C24H14BrN7O3S. The van der Waals surface area contributed by atoms with Gasteiger partial charge in [-0.05, 0) is 52.3 Å². The van der Waals surface area contributed by atoms with E-state index < -0.39 is 4.92 Å². The second-order valence-corrected chi connectivity index (χ2v) is 9.69. The van der Waals surface area contributed by atoms with Crippen molar-refractivity contribution in [3.63, 3.8) is 0 Å². The molecule has 0 aliphatic rings. The molecule has 0 saturated carbocycles. The highest BCUT2D eigenvalue weighted by Crippen LogP contribution is 2.28. The van der Waals surface area contributed by atoms with Crippen LogP contribution in [0.1, 0.15) is 5.69 Å². The lowest BCUT2D eigenvalue weighted by Crippen LogP contribution is -2.15. The van der Waals surface area contributed by atoms with Crippen LogP contribution in [0.2, 0.25) is 0 Å². The predicted molar refractivity (Wildman–Crippen MR) is 139 cm³/mol. The molecule has 176 valence electrons. The minimum atomic E-state index is -0.446. The number of hydrogen-bond donors (Lipinski definition) is 0. The van der Waals surface area contributed by atoms with Crippen molar-refractivity contribution in [1.82, 2.24) is 29.0 Å². The highest BCUT2D eigenvalue weighted by Gasteiger charge is 2.16. The lowest BCUT2D eigenvalue weighted by Gasteiger charge is -2.07. The van der Waals surface area contributed by atoms with Crippen LogP contribution in [-0.2, 0) is 5.75 Å². The Kier molecular flexibility index (Phi) is 5.46. The maximum absolute atomic E-state index is 12.6. The Bertz CT molecular complexity index is 1870. The van der Waals surface area contributed by atoms with E-state index in [4.69, 9.17) is 9.97 Å². The molecule has 12 heteroatoms. The Morgan fingerprint density at radius 3 is 2.61 bits per heavy atom. The second-order valence-electron chi connectivity index (χ2n) is 7.84. The number of nitro groups is 1. The number of aromatic nitrogens is 6. The quantitative estimate of drug-likeness (QED) is 0.126. The molecule has 0 bridgehead atoms. The molecule has 0 radical (unpaired) electrons. The minimum Gasteiger partial charge on any atom is -0.269 e. The molecule has 0 saturated heterocycles. The third-order valence-corrected chi connectivity index (χ3v) is 6.94. The zero-order chi connectivity index (χ0) is 24.8. The first-order chi connectivity index (χ1) is 17.5. The van der Waals surface area contributed by atoms with Gasteiger partial charge in [0.15, 0.2) is 16.6 Å². The van der Waals surface area contributed by atoms with Gasteiger partial charge >= 0.3 is 0 Å². The van der Waals surface area contributed by atoms with Crippen LogP contribution in [0.4, 0.5) is 5.69 Å². The number of halogens is 1. The van der Waals surface area contributed by atoms with Crippen LogP contribution >= 0.6 is 27.7 Å². The molecule has 6 aromatic rings. The molecule has 0 spiro atoms. The summed E-state index contributed by atoms with van der Waals surface area (Å²) in [6, 6.07) is 18.9. The van der Waals surface area contributed by atoms with Gasteiger partial charge in [-0.3, -0.25) is 19.3 Å². The molecule has 0 fully saturated rings. The van der Waals surface area contributed by atoms with Crippen LogP contribution in [0.25, 0.3) is 33.6 Å².